The van der Waals surface area contributed by atoms with Crippen LogP contribution in [0.5, 0.6) is 0 Å². The molecule has 52 valence electrons. The van der Waals surface area contributed by atoms with Gasteiger partial charge in [0.15, 0.2) is 0 Å². The van der Waals surface area contributed by atoms with Crippen LogP contribution in [0.2, 0.25) is 0 Å². The van der Waals surface area contributed by atoms with E-state index in [0.29, 0.717) is 5.41 Å². The summed E-state index contributed by atoms with van der Waals surface area (Å²) in [6.45, 7) is 4.85. The van der Waals surface area contributed by atoms with Gasteiger partial charge in [0, 0.05) is 34.2 Å². The molecule has 0 bridgehead atoms. The normalized spacial score (nSPS) is 30.3. The van der Waals surface area contributed by atoms with E-state index >= 15 is 0 Å². The van der Waals surface area contributed by atoms with Crippen LogP contribution < -0.4 is 0 Å². The summed E-state index contributed by atoms with van der Waals surface area (Å²) in [4.78, 5) is 2.36. The second-order valence-corrected chi connectivity index (χ2v) is 3.21. The molecule has 0 unspecified atom stereocenters. The molecule has 2 aliphatic rings. The minimum absolute atomic E-state index is 0. The molecule has 2 rings (SSSR count). The Kier molecular flexibility index (Phi) is 2.00. The zero-order chi connectivity index (χ0) is 5.61. The molecule has 0 aliphatic carbocycles. The maximum absolute atomic E-state index is 4.20. The van der Waals surface area contributed by atoms with Crippen LogP contribution in [0, 0.1) is 5.41 Å². The van der Waals surface area contributed by atoms with Crippen LogP contribution in [0.25, 0.3) is 5.32 Å². The van der Waals surface area contributed by atoms with E-state index in [1.54, 1.807) is 0 Å². The Balaban J connectivity index is 0.000000405. The van der Waals surface area contributed by atoms with Crippen LogP contribution in [0.4, 0.5) is 0 Å². The van der Waals surface area contributed by atoms with E-state index in [1.807, 2.05) is 0 Å². The molecule has 0 amide bonds. The van der Waals surface area contributed by atoms with Gasteiger partial charge in [0.1, 0.15) is 0 Å². The van der Waals surface area contributed by atoms with Gasteiger partial charge in [-0.1, -0.05) is 0 Å². The summed E-state index contributed by atoms with van der Waals surface area (Å²) in [6, 6.07) is 0. The van der Waals surface area contributed by atoms with E-state index in [2.05, 4.69) is 17.3 Å². The minimum atomic E-state index is 0. The van der Waals surface area contributed by atoms with Gasteiger partial charge < -0.3 is 10.2 Å². The summed E-state index contributed by atoms with van der Waals surface area (Å²) in [5, 5.41) is 4.20. The predicted molar refractivity (Wildman–Crippen MR) is 33.0 cm³/mol. The minimum Gasteiger partial charge on any atom is -0.661 e. The summed E-state index contributed by atoms with van der Waals surface area (Å²) in [6.07, 6.45) is 0. The van der Waals surface area contributed by atoms with Crippen molar-refractivity contribution in [2.45, 2.75) is 0 Å². The van der Waals surface area contributed by atoms with Crippen molar-refractivity contribution in [3.05, 3.63) is 5.32 Å². The molecule has 3 heteroatoms. The summed E-state index contributed by atoms with van der Waals surface area (Å²) >= 11 is 0. The van der Waals surface area contributed by atoms with Crippen LogP contribution in [-0.2, 0) is 21.1 Å². The number of rotatable bonds is 0. The molecular weight excluding hydrogens is 284 g/mol. The molecule has 0 aromatic carbocycles. The third kappa shape index (κ3) is 1.09. The predicted octanol–water partition coefficient (Wildman–Crippen LogP) is 0.303. The van der Waals surface area contributed by atoms with Gasteiger partial charge in [0.05, 0.1) is 0 Å². The van der Waals surface area contributed by atoms with Crippen molar-refractivity contribution in [1.29, 1.82) is 0 Å². The van der Waals surface area contributed by atoms with Crippen molar-refractivity contribution in [2.24, 2.45) is 5.41 Å². The van der Waals surface area contributed by atoms with Crippen molar-refractivity contribution in [2.75, 3.05) is 33.2 Å². The molecule has 2 heterocycles. The van der Waals surface area contributed by atoms with Crippen LogP contribution in [0.3, 0.4) is 0 Å². The number of hydrogen-bond acceptors (Lipinski definition) is 1. The van der Waals surface area contributed by atoms with Crippen LogP contribution in [0.15, 0.2) is 0 Å². The van der Waals surface area contributed by atoms with Crippen LogP contribution >= 0.6 is 0 Å². The average molecular weight is 295 g/mol. The van der Waals surface area contributed by atoms with E-state index < -0.39 is 0 Å². The fourth-order valence-corrected chi connectivity index (χ4v) is 1.73. The van der Waals surface area contributed by atoms with Crippen molar-refractivity contribution < 1.29 is 21.1 Å². The molecule has 9 heavy (non-hydrogen) atoms. The maximum Gasteiger partial charge on any atom is 0.00143 e. The van der Waals surface area contributed by atoms with Crippen LogP contribution in [0.1, 0.15) is 0 Å². The Morgan fingerprint density at radius 2 is 1.89 bits per heavy atom. The first-order valence-corrected chi connectivity index (χ1v) is 3.13. The summed E-state index contributed by atoms with van der Waals surface area (Å²) in [5.41, 5.74) is 0.675. The summed E-state index contributed by atoms with van der Waals surface area (Å²) < 4.78 is 0. The fourth-order valence-electron chi connectivity index (χ4n) is 1.73. The summed E-state index contributed by atoms with van der Waals surface area (Å²) in [5.74, 6) is 0. The number of hydrogen-bond donors (Lipinski definition) is 0. The molecule has 0 aromatic heterocycles. The van der Waals surface area contributed by atoms with Crippen molar-refractivity contribution in [3.8, 4) is 0 Å². The van der Waals surface area contributed by atoms with Crippen molar-refractivity contribution >= 4 is 0 Å². The Labute approximate surface area is 70.3 Å². The molecule has 0 radical (unpaired) electrons. The topological polar surface area (TPSA) is 17.3 Å². The number of nitrogens with zero attached hydrogens (tertiary/aromatic N) is 2. The van der Waals surface area contributed by atoms with Gasteiger partial charge in [0.25, 0.3) is 0 Å². The Morgan fingerprint density at radius 3 is 2.00 bits per heavy atom. The zero-order valence-electron chi connectivity index (χ0n) is 5.63. The van der Waals surface area contributed by atoms with E-state index in [-0.39, 0.29) is 21.1 Å². The molecule has 0 saturated carbocycles. The molecular formula is C6H11N2W-. The first-order valence-electron chi connectivity index (χ1n) is 3.13. The molecule has 0 N–H and O–H groups in total. The van der Waals surface area contributed by atoms with E-state index in [9.17, 15) is 0 Å². The fraction of sp³-hybridized carbons (Fsp3) is 1.00. The van der Waals surface area contributed by atoms with Gasteiger partial charge in [-0.05, 0) is 12.5 Å². The Hall–Kier alpha value is 0.608. The largest absolute Gasteiger partial charge is 0.661 e. The first-order chi connectivity index (χ1) is 3.81. The Bertz CT molecular complexity index is 104. The molecule has 2 fully saturated rings. The molecule has 1 spiro atoms. The SMILES string of the molecule is CN1CC2(C[N-]C2)C1.[W]. The van der Waals surface area contributed by atoms with Gasteiger partial charge in [-0.3, -0.25) is 0 Å². The van der Waals surface area contributed by atoms with Gasteiger partial charge >= 0.3 is 0 Å². The maximum atomic E-state index is 4.20. The Morgan fingerprint density at radius 1 is 1.33 bits per heavy atom. The zero-order valence-corrected chi connectivity index (χ0v) is 8.56. The second kappa shape index (κ2) is 2.34. The molecule has 2 nitrogen and oxygen atoms in total. The third-order valence-corrected chi connectivity index (χ3v) is 2.11. The van der Waals surface area contributed by atoms with Crippen LogP contribution in [-0.4, -0.2) is 38.1 Å². The van der Waals surface area contributed by atoms with Gasteiger partial charge in [0.2, 0.25) is 0 Å². The average Bonchev–Trinajstić information content (AvgIpc) is 1.51. The second-order valence-electron chi connectivity index (χ2n) is 3.21. The third-order valence-electron chi connectivity index (χ3n) is 2.11. The van der Waals surface area contributed by atoms with Gasteiger partial charge in [-0.2, -0.15) is 0 Å². The molecule has 0 atom stereocenters. The van der Waals surface area contributed by atoms with E-state index in [0.717, 1.165) is 13.1 Å². The van der Waals surface area contributed by atoms with Gasteiger partial charge in [-0.25, -0.2) is 0 Å². The monoisotopic (exact) mass is 295 g/mol. The quantitative estimate of drug-likeness (QED) is 0.628. The smallest absolute Gasteiger partial charge is 0.00143 e. The standard InChI is InChI=1S/C6H11N2.W/c1-8-4-6(5-8)2-7-3-6;/h2-5H2,1H3;/q-1;. The molecule has 0 aromatic rings. The van der Waals surface area contributed by atoms with Crippen molar-refractivity contribution in [3.63, 3.8) is 0 Å². The molecule has 2 aliphatic heterocycles. The summed E-state index contributed by atoms with van der Waals surface area (Å²) in [7, 11) is 2.17. The van der Waals surface area contributed by atoms with Gasteiger partial charge in [-0.15, -0.1) is 13.1 Å². The van der Waals surface area contributed by atoms with E-state index in [4.69, 9.17) is 0 Å². The first kappa shape index (κ1) is 7.71. The van der Waals surface area contributed by atoms with E-state index in [1.165, 1.54) is 13.1 Å². The molecule has 2 saturated heterocycles. The number of likely N-dealkylation sites (tertiary alicyclic amines) is 1. The van der Waals surface area contributed by atoms with Crippen molar-refractivity contribution in [1.82, 2.24) is 4.90 Å².